The molecule has 2 aromatic rings. The molecule has 1 atom stereocenters. The van der Waals surface area contributed by atoms with E-state index in [1.807, 2.05) is 50.2 Å². The fourth-order valence-electron chi connectivity index (χ4n) is 2.07. The predicted octanol–water partition coefficient (Wildman–Crippen LogP) is 3.43. The molecule has 0 saturated carbocycles. The Morgan fingerprint density at radius 3 is 2.48 bits per heavy atom. The Morgan fingerprint density at radius 1 is 1.16 bits per heavy atom. The minimum atomic E-state index is -0.00846. The molecule has 0 aliphatic rings. The number of furan rings is 1. The molecule has 0 radical (unpaired) electrons. The highest BCUT2D eigenvalue weighted by molar-refractivity contribution is 14.0. The minimum absolute atomic E-state index is 0. The number of nitrogens with one attached hydrogen (secondary N) is 2. The molecule has 0 amide bonds. The van der Waals surface area contributed by atoms with Crippen molar-refractivity contribution in [1.29, 1.82) is 0 Å². The van der Waals surface area contributed by atoms with Gasteiger partial charge in [-0.3, -0.25) is 0 Å². The number of methoxy groups -OCH3 is 1. The number of nitrogens with zero attached hydrogens (tertiary/aromatic N) is 1. The normalized spacial score (nSPS) is 12.0. The monoisotopic (exact) mass is 459 g/mol. The summed E-state index contributed by atoms with van der Waals surface area (Å²) >= 11 is 0. The molecule has 0 saturated heterocycles. The number of hydrogen-bond acceptors (Lipinski definition) is 4. The van der Waals surface area contributed by atoms with Gasteiger partial charge in [0, 0.05) is 6.54 Å². The van der Waals surface area contributed by atoms with Gasteiger partial charge in [0.2, 0.25) is 0 Å². The number of ether oxygens (including phenoxy) is 2. The van der Waals surface area contributed by atoms with Crippen molar-refractivity contribution in [3.8, 4) is 11.5 Å². The number of rotatable bonds is 8. The molecule has 25 heavy (non-hydrogen) atoms. The van der Waals surface area contributed by atoms with Gasteiger partial charge in [-0.05, 0) is 50.2 Å². The van der Waals surface area contributed by atoms with Crippen molar-refractivity contribution in [2.45, 2.75) is 26.5 Å². The maximum atomic E-state index is 5.87. The van der Waals surface area contributed by atoms with Crippen LogP contribution in [0.15, 0.2) is 52.1 Å². The molecule has 1 unspecified atom stereocenters. The van der Waals surface area contributed by atoms with Crippen LogP contribution in [0.1, 0.15) is 19.6 Å². The Balaban J connectivity index is 0.00000312. The van der Waals surface area contributed by atoms with Gasteiger partial charge in [0.05, 0.1) is 19.9 Å². The minimum Gasteiger partial charge on any atom is -0.497 e. The molecule has 2 rings (SSSR count). The van der Waals surface area contributed by atoms with E-state index in [1.165, 1.54) is 0 Å². The van der Waals surface area contributed by atoms with Crippen molar-refractivity contribution >= 4 is 29.9 Å². The second-order valence-electron chi connectivity index (χ2n) is 5.26. The summed E-state index contributed by atoms with van der Waals surface area (Å²) in [7, 11) is 1.65. The van der Waals surface area contributed by atoms with E-state index in [4.69, 9.17) is 13.9 Å². The Morgan fingerprint density at radius 2 is 1.88 bits per heavy atom. The van der Waals surface area contributed by atoms with Crippen LogP contribution in [-0.4, -0.2) is 32.3 Å². The topological polar surface area (TPSA) is 68.0 Å². The summed E-state index contributed by atoms with van der Waals surface area (Å²) in [5, 5.41) is 6.48. The van der Waals surface area contributed by atoms with Crippen molar-refractivity contribution in [2.24, 2.45) is 4.99 Å². The summed E-state index contributed by atoms with van der Waals surface area (Å²) in [5.74, 6) is 3.18. The molecule has 0 bridgehead atoms. The van der Waals surface area contributed by atoms with Gasteiger partial charge >= 0.3 is 0 Å². The first-order valence-corrected chi connectivity index (χ1v) is 8.06. The van der Waals surface area contributed by atoms with Gasteiger partial charge in [0.25, 0.3) is 0 Å². The first-order chi connectivity index (χ1) is 11.7. The SMILES string of the molecule is CCNC(=NCc1ccco1)NCC(C)Oc1ccc(OC)cc1.I. The lowest BCUT2D eigenvalue weighted by Gasteiger charge is -2.17. The van der Waals surface area contributed by atoms with Crippen LogP contribution in [0.2, 0.25) is 0 Å². The van der Waals surface area contributed by atoms with E-state index in [9.17, 15) is 0 Å². The number of guanidine groups is 1. The highest BCUT2D eigenvalue weighted by atomic mass is 127. The van der Waals surface area contributed by atoms with Crippen molar-refractivity contribution in [2.75, 3.05) is 20.2 Å². The van der Waals surface area contributed by atoms with E-state index >= 15 is 0 Å². The maximum Gasteiger partial charge on any atom is 0.191 e. The number of aliphatic imine (C=N–C) groups is 1. The zero-order chi connectivity index (χ0) is 17.2. The van der Waals surface area contributed by atoms with Gasteiger partial charge in [0.15, 0.2) is 5.96 Å². The van der Waals surface area contributed by atoms with E-state index in [0.29, 0.717) is 13.1 Å². The average Bonchev–Trinajstić information content (AvgIpc) is 3.11. The third kappa shape index (κ3) is 7.68. The Kier molecular flexibility index (Phi) is 9.83. The fraction of sp³-hybridized carbons (Fsp3) is 0.389. The summed E-state index contributed by atoms with van der Waals surface area (Å²) in [6, 6.07) is 11.3. The van der Waals surface area contributed by atoms with Crippen LogP contribution in [0, 0.1) is 0 Å². The van der Waals surface area contributed by atoms with E-state index in [2.05, 4.69) is 15.6 Å². The molecule has 138 valence electrons. The molecule has 0 fully saturated rings. The van der Waals surface area contributed by atoms with Crippen LogP contribution in [0.5, 0.6) is 11.5 Å². The molecule has 1 aromatic carbocycles. The van der Waals surface area contributed by atoms with Crippen LogP contribution >= 0.6 is 24.0 Å². The first-order valence-electron chi connectivity index (χ1n) is 8.06. The van der Waals surface area contributed by atoms with Gasteiger partial charge in [0.1, 0.15) is 29.9 Å². The lowest BCUT2D eigenvalue weighted by molar-refractivity contribution is 0.223. The second-order valence-corrected chi connectivity index (χ2v) is 5.26. The average molecular weight is 459 g/mol. The van der Waals surface area contributed by atoms with Crippen molar-refractivity contribution in [1.82, 2.24) is 10.6 Å². The van der Waals surface area contributed by atoms with Gasteiger partial charge < -0.3 is 24.5 Å². The molecule has 1 heterocycles. The van der Waals surface area contributed by atoms with Gasteiger partial charge in [-0.25, -0.2) is 4.99 Å². The molecule has 0 aliphatic carbocycles. The van der Waals surface area contributed by atoms with Crippen molar-refractivity contribution < 1.29 is 13.9 Å². The number of benzene rings is 1. The zero-order valence-electron chi connectivity index (χ0n) is 14.8. The molecule has 7 heteroatoms. The van der Waals surface area contributed by atoms with Crippen LogP contribution in [0.4, 0.5) is 0 Å². The fourth-order valence-corrected chi connectivity index (χ4v) is 2.07. The highest BCUT2D eigenvalue weighted by Crippen LogP contribution is 2.17. The quantitative estimate of drug-likeness (QED) is 0.360. The van der Waals surface area contributed by atoms with E-state index in [1.54, 1.807) is 13.4 Å². The van der Waals surface area contributed by atoms with Crippen LogP contribution in [-0.2, 0) is 6.54 Å². The smallest absolute Gasteiger partial charge is 0.191 e. The summed E-state index contributed by atoms with van der Waals surface area (Å²) < 4.78 is 16.3. The Bertz CT molecular complexity index is 615. The third-order valence-electron chi connectivity index (χ3n) is 3.27. The number of hydrogen-bond donors (Lipinski definition) is 2. The van der Waals surface area contributed by atoms with Gasteiger partial charge in [-0.1, -0.05) is 0 Å². The zero-order valence-corrected chi connectivity index (χ0v) is 17.2. The molecule has 6 nitrogen and oxygen atoms in total. The number of halogens is 1. The molecule has 1 aromatic heterocycles. The highest BCUT2D eigenvalue weighted by Gasteiger charge is 2.06. The molecule has 2 N–H and O–H groups in total. The predicted molar refractivity (Wildman–Crippen MR) is 110 cm³/mol. The standard InChI is InChI=1S/C18H25N3O3.HI/c1-4-19-18(21-13-17-6-5-11-23-17)20-12-14(2)24-16-9-7-15(22-3)8-10-16;/h5-11,14H,4,12-13H2,1-3H3,(H2,19,20,21);1H. The van der Waals surface area contributed by atoms with E-state index in [0.717, 1.165) is 29.8 Å². The van der Waals surface area contributed by atoms with E-state index < -0.39 is 0 Å². The summed E-state index contributed by atoms with van der Waals surface area (Å²) in [5.41, 5.74) is 0. The Labute approximate surface area is 166 Å². The lowest BCUT2D eigenvalue weighted by atomic mass is 10.3. The van der Waals surface area contributed by atoms with Crippen molar-refractivity contribution in [3.05, 3.63) is 48.4 Å². The Hall–Kier alpha value is -1.90. The second kappa shape index (κ2) is 11.6. The maximum absolute atomic E-state index is 5.87. The van der Waals surface area contributed by atoms with Crippen LogP contribution < -0.4 is 20.1 Å². The summed E-state index contributed by atoms with van der Waals surface area (Å²) in [6.45, 7) is 5.96. The molecular weight excluding hydrogens is 433 g/mol. The molecule has 0 aliphatic heterocycles. The summed E-state index contributed by atoms with van der Waals surface area (Å²) in [4.78, 5) is 4.49. The van der Waals surface area contributed by atoms with Crippen LogP contribution in [0.3, 0.4) is 0 Å². The largest absolute Gasteiger partial charge is 0.497 e. The van der Waals surface area contributed by atoms with Gasteiger partial charge in [-0.15, -0.1) is 24.0 Å². The summed E-state index contributed by atoms with van der Waals surface area (Å²) in [6.07, 6.45) is 1.64. The third-order valence-corrected chi connectivity index (χ3v) is 3.27. The van der Waals surface area contributed by atoms with Gasteiger partial charge in [-0.2, -0.15) is 0 Å². The van der Waals surface area contributed by atoms with E-state index in [-0.39, 0.29) is 30.1 Å². The lowest BCUT2D eigenvalue weighted by Crippen LogP contribution is -2.41. The molecule has 0 spiro atoms. The first kappa shape index (κ1) is 21.1. The van der Waals surface area contributed by atoms with Crippen molar-refractivity contribution in [3.63, 3.8) is 0 Å². The molecular formula is C18H26IN3O3. The van der Waals surface area contributed by atoms with Crippen LogP contribution in [0.25, 0.3) is 0 Å².